The molecular weight excluding hydrogens is 312 g/mol. The zero-order valence-corrected chi connectivity index (χ0v) is 15.0. The highest BCUT2D eigenvalue weighted by Crippen LogP contribution is 2.13. The third-order valence-electron chi connectivity index (χ3n) is 3.64. The predicted molar refractivity (Wildman–Crippen MR) is 101 cm³/mol. The third kappa shape index (κ3) is 6.37. The molecular formula is C22H24O3. The van der Waals surface area contributed by atoms with E-state index in [1.807, 2.05) is 61.5 Å². The summed E-state index contributed by atoms with van der Waals surface area (Å²) in [6.07, 6.45) is 4.06. The van der Waals surface area contributed by atoms with Crippen LogP contribution in [0.25, 0.3) is 0 Å². The summed E-state index contributed by atoms with van der Waals surface area (Å²) in [4.78, 5) is 0. The normalized spacial score (nSPS) is 11.6. The molecule has 0 unspecified atom stereocenters. The van der Waals surface area contributed by atoms with Gasteiger partial charge in [-0.1, -0.05) is 36.1 Å². The van der Waals surface area contributed by atoms with E-state index in [1.165, 1.54) is 0 Å². The molecule has 0 aliphatic carbocycles. The average molecular weight is 336 g/mol. The van der Waals surface area contributed by atoms with Crippen molar-refractivity contribution in [2.45, 2.75) is 13.5 Å². The van der Waals surface area contributed by atoms with Crippen LogP contribution in [0, 0.1) is 17.8 Å². The van der Waals surface area contributed by atoms with E-state index in [0.29, 0.717) is 13.2 Å². The molecule has 0 fully saturated rings. The molecule has 2 aromatic rings. The molecule has 0 radical (unpaired) electrons. The summed E-state index contributed by atoms with van der Waals surface area (Å²) in [6.45, 7) is 3.10. The summed E-state index contributed by atoms with van der Waals surface area (Å²) < 4.78 is 16.1. The second kappa shape index (κ2) is 10.2. The molecule has 0 amide bonds. The van der Waals surface area contributed by atoms with Crippen molar-refractivity contribution in [1.29, 1.82) is 0 Å². The molecule has 1 atom stereocenters. The second-order valence-corrected chi connectivity index (χ2v) is 5.49. The number of allylic oxidation sites excluding steroid dienone is 1. The quantitative estimate of drug-likeness (QED) is 0.552. The minimum Gasteiger partial charge on any atom is -0.497 e. The number of rotatable bonds is 7. The van der Waals surface area contributed by atoms with Gasteiger partial charge >= 0.3 is 0 Å². The average Bonchev–Trinajstić information content (AvgIpc) is 2.67. The third-order valence-corrected chi connectivity index (χ3v) is 3.64. The van der Waals surface area contributed by atoms with E-state index in [0.717, 1.165) is 22.6 Å². The lowest BCUT2D eigenvalue weighted by molar-refractivity contribution is 0.111. The number of hydrogen-bond donors (Lipinski definition) is 0. The Kier molecular flexibility index (Phi) is 7.62. The first-order chi connectivity index (χ1) is 12.2. The summed E-state index contributed by atoms with van der Waals surface area (Å²) in [7, 11) is 3.32. The molecule has 0 aliphatic rings. The fourth-order valence-electron chi connectivity index (χ4n) is 2.25. The Balaban J connectivity index is 1.90. The largest absolute Gasteiger partial charge is 0.497 e. The molecule has 0 bridgehead atoms. The molecule has 130 valence electrons. The zero-order chi connectivity index (χ0) is 17.9. The lowest BCUT2D eigenvalue weighted by Gasteiger charge is -2.08. The van der Waals surface area contributed by atoms with Crippen molar-refractivity contribution in [3.8, 4) is 23.3 Å². The van der Waals surface area contributed by atoms with Gasteiger partial charge in [0.25, 0.3) is 0 Å². The molecule has 3 nitrogen and oxygen atoms in total. The van der Waals surface area contributed by atoms with Crippen molar-refractivity contribution in [1.82, 2.24) is 0 Å². The van der Waals surface area contributed by atoms with Crippen molar-refractivity contribution in [3.05, 3.63) is 71.8 Å². The Hall–Kier alpha value is -2.70. The highest BCUT2D eigenvalue weighted by molar-refractivity contribution is 5.39. The van der Waals surface area contributed by atoms with E-state index in [2.05, 4.69) is 17.9 Å². The minimum atomic E-state index is 0.0605. The van der Waals surface area contributed by atoms with Crippen LogP contribution in [-0.2, 0) is 11.3 Å². The van der Waals surface area contributed by atoms with Crippen LogP contribution in [0.15, 0.2) is 60.7 Å². The Labute approximate surface area is 150 Å². The smallest absolute Gasteiger partial charge is 0.118 e. The van der Waals surface area contributed by atoms with E-state index < -0.39 is 0 Å². The molecule has 0 heterocycles. The van der Waals surface area contributed by atoms with Crippen molar-refractivity contribution in [2.24, 2.45) is 5.92 Å². The van der Waals surface area contributed by atoms with E-state index in [9.17, 15) is 0 Å². The lowest BCUT2D eigenvalue weighted by atomic mass is 10.1. The van der Waals surface area contributed by atoms with Crippen LogP contribution in [0.4, 0.5) is 0 Å². The highest BCUT2D eigenvalue weighted by Gasteiger charge is 2.02. The lowest BCUT2D eigenvalue weighted by Crippen LogP contribution is -2.05. The van der Waals surface area contributed by atoms with E-state index in [1.54, 1.807) is 14.2 Å². The van der Waals surface area contributed by atoms with Crippen LogP contribution in [0.5, 0.6) is 11.5 Å². The maximum absolute atomic E-state index is 5.82. The molecule has 25 heavy (non-hydrogen) atoms. The maximum Gasteiger partial charge on any atom is 0.118 e. The van der Waals surface area contributed by atoms with Gasteiger partial charge in [0.05, 0.1) is 33.4 Å². The topological polar surface area (TPSA) is 27.7 Å². The van der Waals surface area contributed by atoms with Gasteiger partial charge < -0.3 is 14.2 Å². The fourth-order valence-corrected chi connectivity index (χ4v) is 2.25. The Morgan fingerprint density at radius 2 is 1.52 bits per heavy atom. The first-order valence-electron chi connectivity index (χ1n) is 8.24. The van der Waals surface area contributed by atoms with Gasteiger partial charge in [-0.25, -0.2) is 0 Å². The summed E-state index contributed by atoms with van der Waals surface area (Å²) in [5.74, 6) is 8.19. The van der Waals surface area contributed by atoms with Gasteiger partial charge in [0.1, 0.15) is 11.5 Å². The molecule has 0 aromatic heterocycles. The van der Waals surface area contributed by atoms with Crippen molar-refractivity contribution in [3.63, 3.8) is 0 Å². The van der Waals surface area contributed by atoms with Crippen LogP contribution in [-0.4, -0.2) is 20.8 Å². The summed E-state index contributed by atoms with van der Waals surface area (Å²) in [6, 6.07) is 15.6. The van der Waals surface area contributed by atoms with Crippen LogP contribution in [0.2, 0.25) is 0 Å². The molecule has 3 heteroatoms. The van der Waals surface area contributed by atoms with E-state index >= 15 is 0 Å². The molecule has 0 N–H and O–H groups in total. The standard InChI is InChI=1S/C22H24O3/c1-4-5-19(7-6-18-8-12-21(23-2)13-9-18)16-25-17-20-10-14-22(24-3)15-11-20/h4-5,8-15,19H,16-17H2,1-3H3/b5-4+/t19-/m0/s1. The first kappa shape index (κ1) is 18.6. The minimum absolute atomic E-state index is 0.0605. The number of hydrogen-bond acceptors (Lipinski definition) is 3. The second-order valence-electron chi connectivity index (χ2n) is 5.49. The summed E-state index contributed by atoms with van der Waals surface area (Å²) in [5, 5.41) is 0. The fraction of sp³-hybridized carbons (Fsp3) is 0.273. The maximum atomic E-state index is 5.82. The van der Waals surface area contributed by atoms with Gasteiger partial charge in [-0.15, -0.1) is 0 Å². The summed E-state index contributed by atoms with van der Waals surface area (Å²) in [5.41, 5.74) is 2.08. The van der Waals surface area contributed by atoms with Gasteiger partial charge in [0.15, 0.2) is 0 Å². The predicted octanol–water partition coefficient (Wildman–Crippen LogP) is 4.46. The molecule has 2 aromatic carbocycles. The Bertz CT molecular complexity index is 719. The van der Waals surface area contributed by atoms with E-state index in [-0.39, 0.29) is 5.92 Å². The van der Waals surface area contributed by atoms with Gasteiger partial charge in [-0.2, -0.15) is 0 Å². The van der Waals surface area contributed by atoms with Crippen molar-refractivity contribution >= 4 is 0 Å². The molecule has 0 saturated carbocycles. The molecule has 0 saturated heterocycles. The molecule has 2 rings (SSSR count). The van der Waals surface area contributed by atoms with E-state index in [4.69, 9.17) is 14.2 Å². The molecule has 0 aliphatic heterocycles. The number of ether oxygens (including phenoxy) is 3. The highest BCUT2D eigenvalue weighted by atomic mass is 16.5. The molecule has 0 spiro atoms. The van der Waals surface area contributed by atoms with Crippen LogP contribution >= 0.6 is 0 Å². The van der Waals surface area contributed by atoms with Gasteiger partial charge in [0.2, 0.25) is 0 Å². The number of methoxy groups -OCH3 is 2. The first-order valence-corrected chi connectivity index (χ1v) is 8.24. The van der Waals surface area contributed by atoms with Crippen LogP contribution < -0.4 is 9.47 Å². The van der Waals surface area contributed by atoms with Gasteiger partial charge in [0, 0.05) is 5.56 Å². The Morgan fingerprint density at radius 1 is 0.920 bits per heavy atom. The monoisotopic (exact) mass is 336 g/mol. The van der Waals surface area contributed by atoms with Crippen molar-refractivity contribution in [2.75, 3.05) is 20.8 Å². The van der Waals surface area contributed by atoms with Gasteiger partial charge in [-0.05, 0) is 48.9 Å². The Morgan fingerprint density at radius 3 is 2.08 bits per heavy atom. The van der Waals surface area contributed by atoms with Crippen LogP contribution in [0.3, 0.4) is 0 Å². The SMILES string of the molecule is C/C=C/[C@@H](C#Cc1ccc(OC)cc1)COCc1ccc(OC)cc1. The summed E-state index contributed by atoms with van der Waals surface area (Å²) >= 11 is 0. The van der Waals surface area contributed by atoms with Crippen molar-refractivity contribution < 1.29 is 14.2 Å². The number of benzene rings is 2. The van der Waals surface area contributed by atoms with Gasteiger partial charge in [-0.3, -0.25) is 0 Å². The zero-order valence-electron chi connectivity index (χ0n) is 15.0. The van der Waals surface area contributed by atoms with Crippen LogP contribution in [0.1, 0.15) is 18.1 Å².